The number of nitrogens with zero attached hydrogens (tertiary/aromatic N) is 3. The minimum absolute atomic E-state index is 0.0798. The van der Waals surface area contributed by atoms with Crippen molar-refractivity contribution < 1.29 is 23.0 Å². The molecule has 0 aliphatic carbocycles. The summed E-state index contributed by atoms with van der Waals surface area (Å²) < 4.78 is 43.4. The van der Waals surface area contributed by atoms with Crippen molar-refractivity contribution in [2.45, 2.75) is 9.79 Å². The lowest BCUT2D eigenvalue weighted by atomic mass is 10.2. The Labute approximate surface area is 163 Å². The van der Waals surface area contributed by atoms with E-state index in [2.05, 4.69) is 15.3 Å². The van der Waals surface area contributed by atoms with E-state index in [9.17, 15) is 23.0 Å². The molecule has 146 valence electrons. The number of hydrogen-bond acceptors (Lipinski definition) is 8. The topological polar surface area (TPSA) is 139 Å². The van der Waals surface area contributed by atoms with Crippen molar-refractivity contribution in [2.24, 2.45) is 0 Å². The maximum atomic E-state index is 12.1. The van der Waals surface area contributed by atoms with Crippen LogP contribution in [0, 0.1) is 0 Å². The van der Waals surface area contributed by atoms with Crippen molar-refractivity contribution in [1.29, 1.82) is 0 Å². The lowest BCUT2D eigenvalue weighted by molar-refractivity contribution is 0.102. The number of carbonyl (C=O) groups excluding carboxylic acids is 1. The molecule has 0 unspecified atom stereocenters. The summed E-state index contributed by atoms with van der Waals surface area (Å²) in [6.45, 7) is 0. The first kappa shape index (κ1) is 18.7. The van der Waals surface area contributed by atoms with Gasteiger partial charge >= 0.3 is 0 Å². The predicted molar refractivity (Wildman–Crippen MR) is 108 cm³/mol. The number of fused-ring (bicyclic) bond motifs is 1. The minimum Gasteiger partial charge on any atom is -0.321 e. The van der Waals surface area contributed by atoms with Crippen LogP contribution in [0.2, 0.25) is 0 Å². The fraction of sp³-hybridized carbons (Fsp3) is 0. The maximum absolute atomic E-state index is 12.1. The van der Waals surface area contributed by atoms with Gasteiger partial charge in [-0.1, -0.05) is 33.7 Å². The van der Waals surface area contributed by atoms with E-state index in [0.717, 1.165) is 3.71 Å². The van der Waals surface area contributed by atoms with Crippen molar-refractivity contribution in [3.63, 3.8) is 0 Å². The van der Waals surface area contributed by atoms with Gasteiger partial charge in [-0.15, -0.1) is 0 Å². The molecular weight excluding hydrogens is 404 g/mol. The standard InChI is InChI=1S/C17H16N4O5S2/c22-17(14-9-10-18-11-19-14)20-12-5-7-13(8-6-12)21-27(23,24)15-3-1-2-4-16(15)28(21,25)26/h1-11,23-26H,(H,20,22). The van der Waals surface area contributed by atoms with Crippen molar-refractivity contribution >= 4 is 38.8 Å². The lowest BCUT2D eigenvalue weighted by Gasteiger charge is -2.45. The van der Waals surface area contributed by atoms with E-state index >= 15 is 0 Å². The van der Waals surface area contributed by atoms with Gasteiger partial charge in [-0.25, -0.2) is 9.97 Å². The molecule has 2 aromatic carbocycles. The molecule has 0 spiro atoms. The quantitative estimate of drug-likeness (QED) is 0.423. The summed E-state index contributed by atoms with van der Waals surface area (Å²) in [6.07, 6.45) is 2.71. The number of aromatic nitrogens is 2. The van der Waals surface area contributed by atoms with Crippen LogP contribution in [0.3, 0.4) is 0 Å². The normalized spacial score (nSPS) is 18.8. The first-order chi connectivity index (χ1) is 13.3. The van der Waals surface area contributed by atoms with Gasteiger partial charge in [0, 0.05) is 11.9 Å². The molecule has 1 aliphatic rings. The number of amides is 1. The maximum Gasteiger partial charge on any atom is 0.274 e. The zero-order chi connectivity index (χ0) is 19.9. The van der Waals surface area contributed by atoms with E-state index in [4.69, 9.17) is 0 Å². The third-order valence-electron chi connectivity index (χ3n) is 4.05. The second kappa shape index (κ2) is 6.74. The highest BCUT2D eigenvalue weighted by atomic mass is 32.4. The van der Waals surface area contributed by atoms with E-state index in [0.29, 0.717) is 5.69 Å². The van der Waals surface area contributed by atoms with Gasteiger partial charge < -0.3 is 5.32 Å². The molecule has 4 rings (SSSR count). The van der Waals surface area contributed by atoms with Gasteiger partial charge in [-0.2, -0.15) is 3.71 Å². The van der Waals surface area contributed by atoms with Crippen LogP contribution in [0.5, 0.6) is 0 Å². The highest BCUT2D eigenvalue weighted by Crippen LogP contribution is 2.77. The number of benzene rings is 2. The van der Waals surface area contributed by atoms with E-state index < -0.39 is 27.5 Å². The number of hydrogen-bond donors (Lipinski definition) is 5. The Morgan fingerprint density at radius 1 is 0.893 bits per heavy atom. The third-order valence-corrected chi connectivity index (χ3v) is 8.67. The molecule has 1 aliphatic heterocycles. The highest BCUT2D eigenvalue weighted by molar-refractivity contribution is 8.44. The summed E-state index contributed by atoms with van der Waals surface area (Å²) in [5.41, 5.74) is 0.811. The number of anilines is 2. The third kappa shape index (κ3) is 2.99. The van der Waals surface area contributed by atoms with Crippen LogP contribution in [0.25, 0.3) is 0 Å². The van der Waals surface area contributed by atoms with E-state index in [-0.39, 0.29) is 21.2 Å². The van der Waals surface area contributed by atoms with Gasteiger partial charge in [-0.05, 0) is 42.5 Å². The lowest BCUT2D eigenvalue weighted by Crippen LogP contribution is -2.24. The minimum atomic E-state index is -3.62. The number of carbonyl (C=O) groups is 1. The van der Waals surface area contributed by atoms with E-state index in [1.807, 2.05) is 0 Å². The second-order valence-electron chi connectivity index (χ2n) is 5.84. The summed E-state index contributed by atoms with van der Waals surface area (Å²) in [7, 11) is -7.24. The van der Waals surface area contributed by atoms with Gasteiger partial charge in [0.1, 0.15) is 21.8 Å². The Morgan fingerprint density at radius 3 is 2.04 bits per heavy atom. The van der Waals surface area contributed by atoms with Crippen LogP contribution in [0.1, 0.15) is 10.5 Å². The van der Waals surface area contributed by atoms with Gasteiger partial charge in [0.15, 0.2) is 0 Å². The Balaban J connectivity index is 1.62. The predicted octanol–water partition coefficient (Wildman–Crippen LogP) is 4.30. The molecule has 0 saturated carbocycles. The van der Waals surface area contributed by atoms with Crippen LogP contribution in [0.4, 0.5) is 11.4 Å². The summed E-state index contributed by atoms with van der Waals surface area (Å²) in [6, 6.07) is 13.5. The van der Waals surface area contributed by atoms with Gasteiger partial charge in [0.25, 0.3) is 5.91 Å². The van der Waals surface area contributed by atoms with Crippen LogP contribution in [-0.4, -0.2) is 34.1 Å². The Morgan fingerprint density at radius 2 is 1.50 bits per heavy atom. The molecule has 28 heavy (non-hydrogen) atoms. The Hall–Kier alpha value is -2.67. The SMILES string of the molecule is O=C(Nc1ccc(N2S(O)(O)c3ccccc3S2(O)O)cc1)c1ccncn1. The summed E-state index contributed by atoms with van der Waals surface area (Å²) in [4.78, 5) is 19.9. The number of nitrogens with one attached hydrogen (secondary N) is 1. The van der Waals surface area contributed by atoms with Gasteiger partial charge in [0.2, 0.25) is 0 Å². The molecule has 11 heteroatoms. The first-order valence-corrected chi connectivity index (χ1v) is 11.0. The molecule has 0 bridgehead atoms. The molecule has 9 nitrogen and oxygen atoms in total. The van der Waals surface area contributed by atoms with Crippen LogP contribution in [-0.2, 0) is 0 Å². The molecule has 0 saturated heterocycles. The van der Waals surface area contributed by atoms with E-state index in [1.54, 1.807) is 12.1 Å². The summed E-state index contributed by atoms with van der Waals surface area (Å²) >= 11 is 0. The van der Waals surface area contributed by atoms with Crippen LogP contribution in [0.15, 0.2) is 76.9 Å². The van der Waals surface area contributed by atoms with Gasteiger partial charge in [-0.3, -0.25) is 23.0 Å². The molecule has 5 N–H and O–H groups in total. The fourth-order valence-electron chi connectivity index (χ4n) is 2.81. The molecular formula is C17H16N4O5S2. The average molecular weight is 420 g/mol. The molecule has 0 fully saturated rings. The molecule has 3 aromatic rings. The van der Waals surface area contributed by atoms with Crippen molar-refractivity contribution in [3.05, 3.63) is 72.8 Å². The van der Waals surface area contributed by atoms with E-state index in [1.165, 1.54) is 55.0 Å². The number of rotatable bonds is 3. The Bertz CT molecular complexity index is 996. The van der Waals surface area contributed by atoms with Crippen LogP contribution >= 0.6 is 21.6 Å². The summed E-state index contributed by atoms with van der Waals surface area (Å²) in [5, 5.41) is 2.65. The van der Waals surface area contributed by atoms with Crippen LogP contribution < -0.4 is 9.03 Å². The molecule has 1 aromatic heterocycles. The van der Waals surface area contributed by atoms with Crippen molar-refractivity contribution in [2.75, 3.05) is 9.03 Å². The zero-order valence-corrected chi connectivity index (χ0v) is 15.8. The highest BCUT2D eigenvalue weighted by Gasteiger charge is 2.47. The van der Waals surface area contributed by atoms with Gasteiger partial charge in [0.05, 0.1) is 5.69 Å². The summed E-state index contributed by atoms with van der Waals surface area (Å²) in [5.74, 6) is -0.433. The first-order valence-electron chi connectivity index (χ1n) is 7.95. The second-order valence-corrected chi connectivity index (χ2v) is 9.75. The van der Waals surface area contributed by atoms with Crippen molar-refractivity contribution in [3.8, 4) is 0 Å². The fourth-order valence-corrected chi connectivity index (χ4v) is 7.51. The average Bonchev–Trinajstić information content (AvgIpc) is 2.85. The van der Waals surface area contributed by atoms with Crippen molar-refractivity contribution in [1.82, 2.24) is 9.97 Å². The largest absolute Gasteiger partial charge is 0.321 e. The monoisotopic (exact) mass is 420 g/mol. The smallest absolute Gasteiger partial charge is 0.274 e. The zero-order valence-electron chi connectivity index (χ0n) is 14.2. The Kier molecular flexibility index (Phi) is 4.50. The molecule has 0 radical (unpaired) electrons. The molecule has 2 heterocycles. The molecule has 0 atom stereocenters. The molecule has 1 amide bonds.